The van der Waals surface area contributed by atoms with Gasteiger partial charge in [-0.25, -0.2) is 0 Å². The van der Waals surface area contributed by atoms with Crippen LogP contribution in [0.5, 0.6) is 0 Å². The van der Waals surface area contributed by atoms with Crippen LogP contribution in [0, 0.1) is 5.92 Å². The van der Waals surface area contributed by atoms with E-state index in [0.29, 0.717) is 0 Å². The zero-order valence-corrected chi connectivity index (χ0v) is 19.4. The lowest BCUT2D eigenvalue weighted by atomic mass is 9.98. The molecule has 0 amide bonds. The van der Waals surface area contributed by atoms with Crippen LogP contribution in [0.2, 0.25) is 0 Å². The number of hydrogen-bond acceptors (Lipinski definition) is 3. The Morgan fingerprint density at radius 1 is 1.08 bits per heavy atom. The maximum absolute atomic E-state index is 4.42. The van der Waals surface area contributed by atoms with Crippen LogP contribution < -0.4 is 10.6 Å². The summed E-state index contributed by atoms with van der Waals surface area (Å²) in [6.45, 7) is 11.6. The first-order valence-electron chi connectivity index (χ1n) is 10.5. The normalized spacial score (nSPS) is 22.2. The summed E-state index contributed by atoms with van der Waals surface area (Å²) in [5, 5.41) is 7.09. The first-order chi connectivity index (χ1) is 12.1. The van der Waals surface area contributed by atoms with E-state index in [-0.39, 0.29) is 29.5 Å². The predicted molar refractivity (Wildman–Crippen MR) is 122 cm³/mol. The molecule has 1 heterocycles. The topological polar surface area (TPSA) is 42.9 Å². The van der Waals surface area contributed by atoms with Gasteiger partial charge < -0.3 is 10.6 Å². The van der Waals surface area contributed by atoms with Crippen molar-refractivity contribution in [2.75, 3.05) is 46.3 Å². The molecule has 6 heteroatoms. The van der Waals surface area contributed by atoms with Crippen LogP contribution in [-0.4, -0.2) is 73.7 Å². The van der Waals surface area contributed by atoms with Gasteiger partial charge in [0.1, 0.15) is 0 Å². The summed E-state index contributed by atoms with van der Waals surface area (Å²) in [5.41, 5.74) is 0.185. The van der Waals surface area contributed by atoms with E-state index in [2.05, 4.69) is 39.3 Å². The molecule has 0 aromatic rings. The van der Waals surface area contributed by atoms with Gasteiger partial charge in [0.05, 0.1) is 0 Å². The van der Waals surface area contributed by atoms with Crippen LogP contribution in [0.1, 0.15) is 58.8 Å². The van der Waals surface area contributed by atoms with Crippen molar-refractivity contribution in [3.05, 3.63) is 0 Å². The Morgan fingerprint density at radius 3 is 2.35 bits per heavy atom. The molecule has 3 rings (SSSR count). The number of likely N-dealkylation sites (tertiary alicyclic amines) is 1. The lowest BCUT2D eigenvalue weighted by Gasteiger charge is -2.41. The SMILES string of the molecule is CN=C(NCCN(CC1CC1)C1CC1)NCC(C)(C)N1CCCCC1.I. The van der Waals surface area contributed by atoms with Crippen LogP contribution >= 0.6 is 24.0 Å². The molecular formula is C20H40IN5. The molecule has 2 aliphatic carbocycles. The van der Waals surface area contributed by atoms with Gasteiger partial charge in [-0.1, -0.05) is 6.42 Å². The highest BCUT2D eigenvalue weighted by Gasteiger charge is 2.33. The highest BCUT2D eigenvalue weighted by atomic mass is 127. The van der Waals surface area contributed by atoms with E-state index in [4.69, 9.17) is 0 Å². The summed E-state index contributed by atoms with van der Waals surface area (Å²) in [7, 11) is 1.88. The van der Waals surface area contributed by atoms with E-state index in [1.165, 1.54) is 64.6 Å². The second kappa shape index (κ2) is 10.5. The molecule has 0 radical (unpaired) electrons. The molecule has 5 nitrogen and oxygen atoms in total. The number of halogens is 1. The maximum Gasteiger partial charge on any atom is 0.191 e. The molecule has 0 atom stereocenters. The van der Waals surface area contributed by atoms with E-state index < -0.39 is 0 Å². The Labute approximate surface area is 177 Å². The van der Waals surface area contributed by atoms with Gasteiger partial charge >= 0.3 is 0 Å². The molecule has 152 valence electrons. The molecular weight excluding hydrogens is 437 g/mol. The number of piperidine rings is 1. The quantitative estimate of drug-likeness (QED) is 0.305. The summed E-state index contributed by atoms with van der Waals surface area (Å²) in [5.74, 6) is 1.94. The molecule has 2 N–H and O–H groups in total. The second-order valence-corrected chi connectivity index (χ2v) is 8.88. The van der Waals surface area contributed by atoms with Gasteiger partial charge in [-0.2, -0.15) is 0 Å². The molecule has 0 bridgehead atoms. The third-order valence-electron chi connectivity index (χ3n) is 6.07. The van der Waals surface area contributed by atoms with E-state index in [0.717, 1.165) is 37.6 Å². The highest BCUT2D eigenvalue weighted by Crippen LogP contribution is 2.34. The fourth-order valence-corrected chi connectivity index (χ4v) is 3.94. The minimum atomic E-state index is 0. The van der Waals surface area contributed by atoms with E-state index in [9.17, 15) is 0 Å². The van der Waals surface area contributed by atoms with Crippen molar-refractivity contribution in [1.29, 1.82) is 0 Å². The smallest absolute Gasteiger partial charge is 0.191 e. The van der Waals surface area contributed by atoms with Gasteiger partial charge in [0.25, 0.3) is 0 Å². The average Bonchev–Trinajstić information content (AvgIpc) is 3.51. The van der Waals surface area contributed by atoms with Gasteiger partial charge in [-0.3, -0.25) is 14.8 Å². The molecule has 2 saturated carbocycles. The first kappa shape index (κ1) is 22.2. The van der Waals surface area contributed by atoms with Crippen molar-refractivity contribution in [3.8, 4) is 0 Å². The van der Waals surface area contributed by atoms with Crippen molar-refractivity contribution < 1.29 is 0 Å². The lowest BCUT2D eigenvalue weighted by Crippen LogP contribution is -2.55. The Balaban J connectivity index is 0.00000243. The van der Waals surface area contributed by atoms with Gasteiger partial charge in [-0.05, 0) is 71.4 Å². The second-order valence-electron chi connectivity index (χ2n) is 8.88. The summed E-state index contributed by atoms with van der Waals surface area (Å²) >= 11 is 0. The maximum atomic E-state index is 4.42. The standard InChI is InChI=1S/C20H39N5.HI/c1-20(2,25-12-5-4-6-13-25)16-23-19(21-3)22-11-14-24(18-9-10-18)15-17-7-8-17;/h17-18H,4-16H2,1-3H3,(H2,21,22,23);1H. The molecule has 0 aromatic heterocycles. The molecule has 0 unspecified atom stereocenters. The first-order valence-corrected chi connectivity index (χ1v) is 10.5. The Hall–Kier alpha value is -0.0800. The molecule has 0 aromatic carbocycles. The Morgan fingerprint density at radius 2 is 1.77 bits per heavy atom. The summed E-state index contributed by atoms with van der Waals surface area (Å²) in [6.07, 6.45) is 9.79. The minimum Gasteiger partial charge on any atom is -0.355 e. The lowest BCUT2D eigenvalue weighted by molar-refractivity contribution is 0.0982. The summed E-state index contributed by atoms with van der Waals surface area (Å²) in [6, 6.07) is 0.871. The Bertz CT molecular complexity index is 439. The van der Waals surface area contributed by atoms with Crippen molar-refractivity contribution >= 4 is 29.9 Å². The zero-order chi connectivity index (χ0) is 17.7. The minimum absolute atomic E-state index is 0. The molecule has 0 spiro atoms. The van der Waals surface area contributed by atoms with E-state index in [1.807, 2.05) is 7.05 Å². The highest BCUT2D eigenvalue weighted by molar-refractivity contribution is 14.0. The van der Waals surface area contributed by atoms with Crippen LogP contribution in [-0.2, 0) is 0 Å². The van der Waals surface area contributed by atoms with Gasteiger partial charge in [0.2, 0.25) is 0 Å². The average molecular weight is 477 g/mol. The van der Waals surface area contributed by atoms with Crippen LogP contribution in [0.4, 0.5) is 0 Å². The van der Waals surface area contributed by atoms with Crippen molar-refractivity contribution in [2.45, 2.75) is 70.4 Å². The van der Waals surface area contributed by atoms with Crippen LogP contribution in [0.15, 0.2) is 4.99 Å². The molecule has 1 saturated heterocycles. The van der Waals surface area contributed by atoms with Crippen molar-refractivity contribution in [1.82, 2.24) is 20.4 Å². The largest absolute Gasteiger partial charge is 0.355 e. The molecule has 1 aliphatic heterocycles. The molecule has 3 aliphatic rings. The van der Waals surface area contributed by atoms with E-state index >= 15 is 0 Å². The fourth-order valence-electron chi connectivity index (χ4n) is 3.94. The number of rotatable bonds is 9. The van der Waals surface area contributed by atoms with E-state index in [1.54, 1.807) is 0 Å². The van der Waals surface area contributed by atoms with Gasteiger partial charge in [-0.15, -0.1) is 24.0 Å². The Kier molecular flexibility index (Phi) is 8.94. The monoisotopic (exact) mass is 477 g/mol. The predicted octanol–water partition coefficient (Wildman–Crippen LogP) is 2.91. The third kappa shape index (κ3) is 7.15. The number of aliphatic imine (C=N–C) groups is 1. The number of nitrogens with zero attached hydrogens (tertiary/aromatic N) is 3. The van der Waals surface area contributed by atoms with Crippen LogP contribution in [0.25, 0.3) is 0 Å². The fraction of sp³-hybridized carbons (Fsp3) is 0.950. The number of nitrogens with one attached hydrogen (secondary N) is 2. The van der Waals surface area contributed by atoms with Gasteiger partial charge in [0, 0.05) is 44.8 Å². The van der Waals surface area contributed by atoms with Crippen molar-refractivity contribution in [3.63, 3.8) is 0 Å². The molecule has 3 fully saturated rings. The zero-order valence-electron chi connectivity index (χ0n) is 17.1. The van der Waals surface area contributed by atoms with Crippen LogP contribution in [0.3, 0.4) is 0 Å². The number of guanidine groups is 1. The summed E-state index contributed by atoms with van der Waals surface area (Å²) < 4.78 is 0. The van der Waals surface area contributed by atoms with Crippen molar-refractivity contribution in [2.24, 2.45) is 10.9 Å². The number of hydrogen-bond donors (Lipinski definition) is 2. The third-order valence-corrected chi connectivity index (χ3v) is 6.07. The van der Waals surface area contributed by atoms with Gasteiger partial charge in [0.15, 0.2) is 5.96 Å². The molecule has 26 heavy (non-hydrogen) atoms. The summed E-state index contributed by atoms with van der Waals surface area (Å²) in [4.78, 5) is 9.75.